The van der Waals surface area contributed by atoms with Crippen molar-refractivity contribution in [3.63, 3.8) is 0 Å². The van der Waals surface area contributed by atoms with Crippen molar-refractivity contribution in [1.29, 1.82) is 0 Å². The maximum absolute atomic E-state index is 5.74. The van der Waals surface area contributed by atoms with Crippen LogP contribution in [0, 0.1) is 5.92 Å². The van der Waals surface area contributed by atoms with Crippen LogP contribution in [0.1, 0.15) is 43.4 Å². The van der Waals surface area contributed by atoms with Gasteiger partial charge in [0.2, 0.25) is 0 Å². The fraction of sp³-hybridized carbons (Fsp3) is 0.733. The second-order valence-electron chi connectivity index (χ2n) is 6.47. The van der Waals surface area contributed by atoms with E-state index in [1.54, 1.807) is 0 Å². The molecule has 0 spiro atoms. The van der Waals surface area contributed by atoms with Gasteiger partial charge in [-0.2, -0.15) is 0 Å². The minimum absolute atomic E-state index is 0. The summed E-state index contributed by atoms with van der Waals surface area (Å²) in [5.41, 5.74) is 6.02. The number of likely N-dealkylation sites (tertiary alicyclic amines) is 1. The first-order valence-electron chi connectivity index (χ1n) is 7.00. The average Bonchev–Trinajstić information content (AvgIpc) is 2.78. The van der Waals surface area contributed by atoms with Crippen molar-refractivity contribution in [3.05, 3.63) is 21.9 Å². The van der Waals surface area contributed by atoms with Crippen molar-refractivity contribution in [2.45, 2.75) is 45.6 Å². The molecule has 0 bridgehead atoms. The van der Waals surface area contributed by atoms with Gasteiger partial charge in [0.05, 0.1) is 0 Å². The third kappa shape index (κ3) is 4.75. The fourth-order valence-electron chi connectivity index (χ4n) is 2.47. The zero-order valence-corrected chi connectivity index (χ0v) is 13.9. The molecule has 0 radical (unpaired) electrons. The van der Waals surface area contributed by atoms with Gasteiger partial charge in [0.1, 0.15) is 0 Å². The molecule has 0 aliphatic carbocycles. The predicted octanol–water partition coefficient (Wildman–Crippen LogP) is 3.64. The highest BCUT2D eigenvalue weighted by Crippen LogP contribution is 2.30. The monoisotopic (exact) mass is 302 g/mol. The Bertz CT molecular complexity index is 376. The molecule has 110 valence electrons. The Kier molecular flexibility index (Phi) is 6.31. The average molecular weight is 303 g/mol. The van der Waals surface area contributed by atoms with Crippen LogP contribution in [-0.4, -0.2) is 24.5 Å². The molecule has 2 N–H and O–H groups in total. The minimum Gasteiger partial charge on any atom is -0.330 e. The topological polar surface area (TPSA) is 29.3 Å². The first-order chi connectivity index (χ1) is 8.49. The SMILES string of the molecule is CC(C)(C)c1ccc(CN2CCC(CN)CC2)s1.Cl. The van der Waals surface area contributed by atoms with E-state index in [2.05, 4.69) is 37.8 Å². The number of hydrogen-bond donors (Lipinski definition) is 1. The predicted molar refractivity (Wildman–Crippen MR) is 87.3 cm³/mol. The Morgan fingerprint density at radius 1 is 1.26 bits per heavy atom. The summed E-state index contributed by atoms with van der Waals surface area (Å²) in [5, 5.41) is 0. The largest absolute Gasteiger partial charge is 0.330 e. The van der Waals surface area contributed by atoms with E-state index < -0.39 is 0 Å². The molecular weight excluding hydrogens is 276 g/mol. The Labute approximate surface area is 127 Å². The summed E-state index contributed by atoms with van der Waals surface area (Å²) in [6.45, 7) is 11.3. The Hall–Kier alpha value is -0.0900. The first kappa shape index (κ1) is 17.0. The van der Waals surface area contributed by atoms with E-state index in [0.29, 0.717) is 0 Å². The third-order valence-electron chi connectivity index (χ3n) is 3.82. The van der Waals surface area contributed by atoms with Gasteiger partial charge < -0.3 is 5.73 Å². The summed E-state index contributed by atoms with van der Waals surface area (Å²) in [6.07, 6.45) is 2.54. The van der Waals surface area contributed by atoms with Gasteiger partial charge in [-0.3, -0.25) is 4.90 Å². The number of halogens is 1. The number of hydrogen-bond acceptors (Lipinski definition) is 3. The molecule has 0 amide bonds. The molecule has 1 aromatic heterocycles. The van der Waals surface area contributed by atoms with Crippen LogP contribution in [0.3, 0.4) is 0 Å². The highest BCUT2D eigenvalue weighted by atomic mass is 35.5. The van der Waals surface area contributed by atoms with Crippen molar-refractivity contribution in [2.75, 3.05) is 19.6 Å². The standard InChI is InChI=1S/C15H26N2S.ClH/c1-15(2,3)14-5-4-13(18-14)11-17-8-6-12(10-16)7-9-17;/h4-5,12H,6-11,16H2,1-3H3;1H. The van der Waals surface area contributed by atoms with Crippen LogP contribution in [-0.2, 0) is 12.0 Å². The van der Waals surface area contributed by atoms with Crippen molar-refractivity contribution < 1.29 is 0 Å². The maximum atomic E-state index is 5.74. The second kappa shape index (κ2) is 7.07. The summed E-state index contributed by atoms with van der Waals surface area (Å²) in [5.74, 6) is 0.759. The number of piperidine rings is 1. The summed E-state index contributed by atoms with van der Waals surface area (Å²) in [7, 11) is 0. The molecule has 1 saturated heterocycles. The number of rotatable bonds is 3. The molecule has 2 nitrogen and oxygen atoms in total. The lowest BCUT2D eigenvalue weighted by molar-refractivity contribution is 0.182. The molecule has 1 fully saturated rings. The van der Waals surface area contributed by atoms with Crippen LogP contribution in [0.25, 0.3) is 0 Å². The van der Waals surface area contributed by atoms with E-state index in [4.69, 9.17) is 5.73 Å². The molecule has 1 aromatic rings. The van der Waals surface area contributed by atoms with E-state index in [1.807, 2.05) is 11.3 Å². The second-order valence-corrected chi connectivity index (χ2v) is 7.64. The molecule has 19 heavy (non-hydrogen) atoms. The molecule has 1 aliphatic heterocycles. The van der Waals surface area contributed by atoms with Gasteiger partial charge in [-0.25, -0.2) is 0 Å². The van der Waals surface area contributed by atoms with Gasteiger partial charge in [0.15, 0.2) is 0 Å². The summed E-state index contributed by atoms with van der Waals surface area (Å²) in [4.78, 5) is 5.57. The quantitative estimate of drug-likeness (QED) is 0.923. The van der Waals surface area contributed by atoms with Gasteiger partial charge in [0.25, 0.3) is 0 Å². The van der Waals surface area contributed by atoms with Gasteiger partial charge in [-0.1, -0.05) is 20.8 Å². The van der Waals surface area contributed by atoms with Crippen molar-refractivity contribution in [3.8, 4) is 0 Å². The normalized spacial score (nSPS) is 18.3. The lowest BCUT2D eigenvalue weighted by Gasteiger charge is -2.30. The molecule has 0 unspecified atom stereocenters. The van der Waals surface area contributed by atoms with Crippen LogP contribution in [0.2, 0.25) is 0 Å². The number of thiophene rings is 1. The smallest absolute Gasteiger partial charge is 0.0328 e. The molecule has 4 heteroatoms. The van der Waals surface area contributed by atoms with Crippen molar-refractivity contribution in [1.82, 2.24) is 4.90 Å². The molecule has 1 aliphatic rings. The van der Waals surface area contributed by atoms with Crippen LogP contribution < -0.4 is 5.73 Å². The van der Waals surface area contributed by atoms with E-state index in [1.165, 1.54) is 35.7 Å². The van der Waals surface area contributed by atoms with Crippen LogP contribution in [0.15, 0.2) is 12.1 Å². The minimum atomic E-state index is 0. The Balaban J connectivity index is 0.00000180. The van der Waals surface area contributed by atoms with Crippen LogP contribution in [0.4, 0.5) is 0 Å². The first-order valence-corrected chi connectivity index (χ1v) is 7.82. The van der Waals surface area contributed by atoms with E-state index in [-0.39, 0.29) is 17.8 Å². The van der Waals surface area contributed by atoms with Gasteiger partial charge in [-0.05, 0) is 55.9 Å². The zero-order chi connectivity index (χ0) is 13.2. The lowest BCUT2D eigenvalue weighted by atomic mass is 9.95. The van der Waals surface area contributed by atoms with E-state index in [9.17, 15) is 0 Å². The number of nitrogens with two attached hydrogens (primary N) is 1. The Morgan fingerprint density at radius 2 is 1.89 bits per heavy atom. The summed E-state index contributed by atoms with van der Waals surface area (Å²) < 4.78 is 0. The Morgan fingerprint density at radius 3 is 2.37 bits per heavy atom. The van der Waals surface area contributed by atoms with Gasteiger partial charge in [0, 0.05) is 16.3 Å². The molecule has 2 rings (SSSR count). The highest BCUT2D eigenvalue weighted by Gasteiger charge is 2.20. The lowest BCUT2D eigenvalue weighted by Crippen LogP contribution is -2.35. The fourth-order valence-corrected chi connectivity index (χ4v) is 3.57. The molecule has 0 saturated carbocycles. The van der Waals surface area contributed by atoms with Gasteiger partial charge >= 0.3 is 0 Å². The van der Waals surface area contributed by atoms with E-state index in [0.717, 1.165) is 19.0 Å². The maximum Gasteiger partial charge on any atom is 0.0328 e. The number of nitrogens with zero attached hydrogens (tertiary/aromatic N) is 1. The summed E-state index contributed by atoms with van der Waals surface area (Å²) >= 11 is 1.97. The highest BCUT2D eigenvalue weighted by molar-refractivity contribution is 7.12. The zero-order valence-electron chi connectivity index (χ0n) is 12.3. The van der Waals surface area contributed by atoms with Crippen LogP contribution in [0.5, 0.6) is 0 Å². The molecule has 2 heterocycles. The van der Waals surface area contributed by atoms with Gasteiger partial charge in [-0.15, -0.1) is 23.7 Å². The molecule has 0 atom stereocenters. The van der Waals surface area contributed by atoms with Crippen LogP contribution >= 0.6 is 23.7 Å². The van der Waals surface area contributed by atoms with E-state index >= 15 is 0 Å². The van der Waals surface area contributed by atoms with Crippen molar-refractivity contribution in [2.24, 2.45) is 11.7 Å². The third-order valence-corrected chi connectivity index (χ3v) is 5.32. The van der Waals surface area contributed by atoms with Crippen molar-refractivity contribution >= 4 is 23.7 Å². The molecule has 0 aromatic carbocycles. The molecular formula is C15H27ClN2S. The summed E-state index contributed by atoms with van der Waals surface area (Å²) in [6, 6.07) is 4.60.